The molecule has 0 aliphatic carbocycles. The number of amidine groups is 1. The SMILES string of the molecule is N/C(=N/O)c1ccc(OCc2cccc(Br)c2)nc1. The van der Waals surface area contributed by atoms with E-state index in [0.29, 0.717) is 18.1 Å². The third-order valence-corrected chi connectivity index (χ3v) is 2.91. The molecule has 2 rings (SSSR count). The second-order valence-electron chi connectivity index (χ2n) is 3.79. The van der Waals surface area contributed by atoms with Crippen molar-refractivity contribution in [3.05, 3.63) is 58.2 Å². The van der Waals surface area contributed by atoms with Crippen LogP contribution in [-0.4, -0.2) is 16.0 Å². The van der Waals surface area contributed by atoms with Crippen LogP contribution in [0.25, 0.3) is 0 Å². The third-order valence-electron chi connectivity index (χ3n) is 2.42. The van der Waals surface area contributed by atoms with E-state index in [1.165, 1.54) is 6.20 Å². The monoisotopic (exact) mass is 321 g/mol. The number of ether oxygens (including phenoxy) is 1. The van der Waals surface area contributed by atoms with E-state index in [-0.39, 0.29) is 5.84 Å². The Hall–Kier alpha value is -2.08. The van der Waals surface area contributed by atoms with Crippen molar-refractivity contribution in [1.29, 1.82) is 0 Å². The summed E-state index contributed by atoms with van der Waals surface area (Å²) in [6, 6.07) is 11.2. The molecule has 0 bridgehead atoms. The van der Waals surface area contributed by atoms with E-state index in [9.17, 15) is 0 Å². The van der Waals surface area contributed by atoms with Gasteiger partial charge in [0.2, 0.25) is 5.88 Å². The number of nitrogens with two attached hydrogens (primary N) is 1. The summed E-state index contributed by atoms with van der Waals surface area (Å²) in [5.41, 5.74) is 7.02. The Morgan fingerprint density at radius 3 is 2.84 bits per heavy atom. The number of aromatic nitrogens is 1. The first-order valence-electron chi connectivity index (χ1n) is 5.50. The van der Waals surface area contributed by atoms with Gasteiger partial charge < -0.3 is 15.7 Å². The van der Waals surface area contributed by atoms with Crippen LogP contribution in [-0.2, 0) is 6.61 Å². The number of pyridine rings is 1. The van der Waals surface area contributed by atoms with Crippen LogP contribution in [0.4, 0.5) is 0 Å². The normalized spacial score (nSPS) is 11.3. The van der Waals surface area contributed by atoms with Gasteiger partial charge >= 0.3 is 0 Å². The molecule has 0 unspecified atom stereocenters. The van der Waals surface area contributed by atoms with Crippen molar-refractivity contribution < 1.29 is 9.94 Å². The number of rotatable bonds is 4. The van der Waals surface area contributed by atoms with Crippen molar-refractivity contribution >= 4 is 21.8 Å². The summed E-state index contributed by atoms with van der Waals surface area (Å²) in [6.45, 7) is 0.426. The smallest absolute Gasteiger partial charge is 0.213 e. The third kappa shape index (κ3) is 3.69. The Labute approximate surface area is 118 Å². The minimum Gasteiger partial charge on any atom is -0.473 e. The van der Waals surface area contributed by atoms with Gasteiger partial charge in [0.15, 0.2) is 5.84 Å². The molecule has 0 fully saturated rings. The minimum atomic E-state index is 0.0195. The first kappa shape index (κ1) is 13.4. The molecule has 0 saturated carbocycles. The van der Waals surface area contributed by atoms with E-state index >= 15 is 0 Å². The molecule has 6 heteroatoms. The van der Waals surface area contributed by atoms with Crippen molar-refractivity contribution in [2.45, 2.75) is 6.61 Å². The summed E-state index contributed by atoms with van der Waals surface area (Å²) >= 11 is 3.40. The largest absolute Gasteiger partial charge is 0.473 e. The highest BCUT2D eigenvalue weighted by Crippen LogP contribution is 2.14. The molecule has 2 aromatic rings. The van der Waals surface area contributed by atoms with Gasteiger partial charge in [0, 0.05) is 22.3 Å². The van der Waals surface area contributed by atoms with Gasteiger partial charge in [-0.05, 0) is 23.8 Å². The van der Waals surface area contributed by atoms with Crippen molar-refractivity contribution in [3.63, 3.8) is 0 Å². The molecule has 0 radical (unpaired) electrons. The number of benzene rings is 1. The standard InChI is InChI=1S/C13H12BrN3O2/c14-11-3-1-2-9(6-11)8-19-12-5-4-10(7-16-12)13(15)17-18/h1-7,18H,8H2,(H2,15,17). The second-order valence-corrected chi connectivity index (χ2v) is 4.70. The van der Waals surface area contributed by atoms with Crippen LogP contribution in [0.15, 0.2) is 52.2 Å². The van der Waals surface area contributed by atoms with Gasteiger partial charge in [-0.1, -0.05) is 33.2 Å². The zero-order chi connectivity index (χ0) is 13.7. The molecule has 19 heavy (non-hydrogen) atoms. The molecule has 3 N–H and O–H groups in total. The lowest BCUT2D eigenvalue weighted by atomic mass is 10.2. The summed E-state index contributed by atoms with van der Waals surface area (Å²) in [7, 11) is 0. The Morgan fingerprint density at radius 2 is 2.21 bits per heavy atom. The maximum absolute atomic E-state index is 8.54. The van der Waals surface area contributed by atoms with Crippen LogP contribution in [0.1, 0.15) is 11.1 Å². The fraction of sp³-hybridized carbons (Fsp3) is 0.0769. The van der Waals surface area contributed by atoms with Gasteiger partial charge in [-0.25, -0.2) is 4.98 Å². The molecule has 0 amide bonds. The zero-order valence-electron chi connectivity index (χ0n) is 9.95. The van der Waals surface area contributed by atoms with Crippen molar-refractivity contribution in [2.24, 2.45) is 10.9 Å². The second kappa shape index (κ2) is 6.19. The topological polar surface area (TPSA) is 80.7 Å². The van der Waals surface area contributed by atoms with E-state index in [1.807, 2.05) is 24.3 Å². The van der Waals surface area contributed by atoms with Gasteiger partial charge in [0.25, 0.3) is 0 Å². The molecule has 1 aromatic heterocycles. The number of oxime groups is 1. The molecule has 98 valence electrons. The average molecular weight is 322 g/mol. The lowest BCUT2D eigenvalue weighted by Gasteiger charge is -2.06. The van der Waals surface area contributed by atoms with Crippen LogP contribution in [0.2, 0.25) is 0 Å². The quantitative estimate of drug-likeness (QED) is 0.392. The molecular formula is C13H12BrN3O2. The van der Waals surface area contributed by atoms with Crippen molar-refractivity contribution in [1.82, 2.24) is 4.98 Å². The van der Waals surface area contributed by atoms with Crippen LogP contribution in [0.5, 0.6) is 5.88 Å². The van der Waals surface area contributed by atoms with Gasteiger partial charge in [-0.15, -0.1) is 0 Å². The fourth-order valence-electron chi connectivity index (χ4n) is 1.46. The Morgan fingerprint density at radius 1 is 1.37 bits per heavy atom. The van der Waals surface area contributed by atoms with E-state index in [1.54, 1.807) is 12.1 Å². The number of nitrogens with zero attached hydrogens (tertiary/aromatic N) is 2. The van der Waals surface area contributed by atoms with Gasteiger partial charge in [0.05, 0.1) is 0 Å². The maximum atomic E-state index is 8.54. The van der Waals surface area contributed by atoms with E-state index < -0.39 is 0 Å². The van der Waals surface area contributed by atoms with E-state index in [4.69, 9.17) is 15.7 Å². The van der Waals surface area contributed by atoms with Gasteiger partial charge in [-0.2, -0.15) is 0 Å². The predicted molar refractivity (Wildman–Crippen MR) is 75.2 cm³/mol. The zero-order valence-corrected chi connectivity index (χ0v) is 11.5. The van der Waals surface area contributed by atoms with Crippen molar-refractivity contribution in [3.8, 4) is 5.88 Å². The molecule has 1 aromatic carbocycles. The minimum absolute atomic E-state index is 0.0195. The van der Waals surface area contributed by atoms with Gasteiger partial charge in [-0.3, -0.25) is 0 Å². The average Bonchev–Trinajstić information content (AvgIpc) is 2.45. The van der Waals surface area contributed by atoms with Crippen LogP contribution >= 0.6 is 15.9 Å². The molecule has 0 atom stereocenters. The maximum Gasteiger partial charge on any atom is 0.213 e. The summed E-state index contributed by atoms with van der Waals surface area (Å²) < 4.78 is 6.54. The Balaban J connectivity index is 2.00. The molecule has 0 aliphatic heterocycles. The predicted octanol–water partition coefficient (Wildman–Crippen LogP) is 2.52. The lowest BCUT2D eigenvalue weighted by Crippen LogP contribution is -2.13. The summed E-state index contributed by atoms with van der Waals surface area (Å²) in [5.74, 6) is 0.500. The first-order chi connectivity index (χ1) is 9.19. The fourth-order valence-corrected chi connectivity index (χ4v) is 1.91. The number of hydrogen-bond acceptors (Lipinski definition) is 4. The van der Waals surface area contributed by atoms with Crippen LogP contribution in [0.3, 0.4) is 0 Å². The Kier molecular flexibility index (Phi) is 4.35. The summed E-state index contributed by atoms with van der Waals surface area (Å²) in [4.78, 5) is 4.08. The van der Waals surface area contributed by atoms with Crippen LogP contribution in [0, 0.1) is 0 Å². The molecular weight excluding hydrogens is 310 g/mol. The highest BCUT2D eigenvalue weighted by atomic mass is 79.9. The van der Waals surface area contributed by atoms with Crippen molar-refractivity contribution in [2.75, 3.05) is 0 Å². The Bertz CT molecular complexity index is 585. The number of hydrogen-bond donors (Lipinski definition) is 2. The molecule has 0 aliphatic rings. The lowest BCUT2D eigenvalue weighted by molar-refractivity contribution is 0.293. The summed E-state index contributed by atoms with van der Waals surface area (Å²) in [5, 5.41) is 11.4. The first-order valence-corrected chi connectivity index (χ1v) is 6.29. The molecule has 1 heterocycles. The van der Waals surface area contributed by atoms with E-state index in [0.717, 1.165) is 10.0 Å². The highest BCUT2D eigenvalue weighted by molar-refractivity contribution is 9.10. The van der Waals surface area contributed by atoms with Crippen LogP contribution < -0.4 is 10.5 Å². The summed E-state index contributed by atoms with van der Waals surface area (Å²) in [6.07, 6.45) is 1.49. The molecule has 0 saturated heterocycles. The number of halogens is 1. The molecule has 0 spiro atoms. The highest BCUT2D eigenvalue weighted by Gasteiger charge is 2.02. The molecule has 5 nitrogen and oxygen atoms in total. The van der Waals surface area contributed by atoms with Gasteiger partial charge in [0.1, 0.15) is 6.61 Å². The van der Waals surface area contributed by atoms with E-state index in [2.05, 4.69) is 26.1 Å².